The number of hydrogen-bond acceptors (Lipinski definition) is 3. The van der Waals surface area contributed by atoms with E-state index >= 15 is 0 Å². The van der Waals surface area contributed by atoms with Gasteiger partial charge < -0.3 is 15.4 Å². The summed E-state index contributed by atoms with van der Waals surface area (Å²) in [6, 6.07) is 0. The molecule has 0 heterocycles. The van der Waals surface area contributed by atoms with Crippen molar-refractivity contribution in [3.8, 4) is 0 Å². The van der Waals surface area contributed by atoms with Crippen LogP contribution in [0.3, 0.4) is 0 Å². The van der Waals surface area contributed by atoms with Crippen LogP contribution < -0.4 is 5.73 Å². The molecule has 1 aliphatic carbocycles. The topological polar surface area (TPSA) is 55.6 Å². The van der Waals surface area contributed by atoms with Gasteiger partial charge in [-0.05, 0) is 32.2 Å². The number of nitrogens with zero attached hydrogens (tertiary/aromatic N) is 1. The molecule has 4 heteroatoms. The molecular formula is C11H22N2O2. The molecule has 15 heavy (non-hydrogen) atoms. The number of amides is 1. The predicted octanol–water partition coefficient (Wildman–Crippen LogP) is 0.609. The molecule has 0 bridgehead atoms. The molecule has 1 rings (SSSR count). The molecule has 0 spiro atoms. The first kappa shape index (κ1) is 12.5. The lowest BCUT2D eigenvalue weighted by Gasteiger charge is -2.20. The standard InChI is InChI=1S/C11H22N2O2/c1-3-13(2)11(14)8-15-10-6-4-5-9(10)7-12/h9-10H,3-8,12H2,1-2H3. The zero-order valence-corrected chi connectivity index (χ0v) is 9.74. The zero-order chi connectivity index (χ0) is 11.3. The van der Waals surface area contributed by atoms with Gasteiger partial charge in [0.2, 0.25) is 5.91 Å². The zero-order valence-electron chi connectivity index (χ0n) is 9.74. The molecule has 1 fully saturated rings. The number of nitrogens with two attached hydrogens (primary N) is 1. The summed E-state index contributed by atoms with van der Waals surface area (Å²) in [7, 11) is 1.79. The van der Waals surface area contributed by atoms with Crippen LogP contribution >= 0.6 is 0 Å². The van der Waals surface area contributed by atoms with Crippen LogP contribution in [0.15, 0.2) is 0 Å². The molecule has 0 radical (unpaired) electrons. The molecule has 1 aliphatic rings. The van der Waals surface area contributed by atoms with E-state index in [1.807, 2.05) is 6.92 Å². The first-order chi connectivity index (χ1) is 7.19. The van der Waals surface area contributed by atoms with Crippen LogP contribution in [0.25, 0.3) is 0 Å². The molecule has 0 aromatic carbocycles. The second-order valence-corrected chi connectivity index (χ2v) is 4.18. The van der Waals surface area contributed by atoms with E-state index in [1.54, 1.807) is 11.9 Å². The molecule has 1 amide bonds. The van der Waals surface area contributed by atoms with E-state index in [2.05, 4.69) is 0 Å². The van der Waals surface area contributed by atoms with Crippen LogP contribution in [0.5, 0.6) is 0 Å². The summed E-state index contributed by atoms with van der Waals surface area (Å²) in [5.74, 6) is 0.505. The Morgan fingerprint density at radius 1 is 1.53 bits per heavy atom. The smallest absolute Gasteiger partial charge is 0.248 e. The predicted molar refractivity (Wildman–Crippen MR) is 59.4 cm³/mol. The minimum Gasteiger partial charge on any atom is -0.368 e. The second kappa shape index (κ2) is 6.08. The highest BCUT2D eigenvalue weighted by Gasteiger charge is 2.27. The second-order valence-electron chi connectivity index (χ2n) is 4.18. The molecule has 0 saturated heterocycles. The maximum absolute atomic E-state index is 11.5. The van der Waals surface area contributed by atoms with Crippen molar-refractivity contribution in [2.75, 3.05) is 26.7 Å². The lowest BCUT2D eigenvalue weighted by molar-refractivity contribution is -0.137. The van der Waals surface area contributed by atoms with Crippen molar-refractivity contribution in [1.82, 2.24) is 4.90 Å². The van der Waals surface area contributed by atoms with Gasteiger partial charge in [0, 0.05) is 13.6 Å². The van der Waals surface area contributed by atoms with Crippen molar-refractivity contribution in [1.29, 1.82) is 0 Å². The summed E-state index contributed by atoms with van der Waals surface area (Å²) < 4.78 is 5.62. The first-order valence-corrected chi connectivity index (χ1v) is 5.74. The maximum Gasteiger partial charge on any atom is 0.248 e. The van der Waals surface area contributed by atoms with Gasteiger partial charge in [-0.2, -0.15) is 0 Å². The fraction of sp³-hybridized carbons (Fsp3) is 0.909. The summed E-state index contributed by atoms with van der Waals surface area (Å²) in [5.41, 5.74) is 5.64. The Bertz CT molecular complexity index is 209. The number of carbonyl (C=O) groups excluding carboxylic acids is 1. The molecule has 2 N–H and O–H groups in total. The Morgan fingerprint density at radius 2 is 2.27 bits per heavy atom. The first-order valence-electron chi connectivity index (χ1n) is 5.74. The molecule has 0 aromatic heterocycles. The van der Waals surface area contributed by atoms with Gasteiger partial charge >= 0.3 is 0 Å². The number of rotatable bonds is 5. The van der Waals surface area contributed by atoms with Crippen LogP contribution in [-0.2, 0) is 9.53 Å². The van der Waals surface area contributed by atoms with E-state index in [0.29, 0.717) is 12.5 Å². The molecule has 0 aromatic rings. The van der Waals surface area contributed by atoms with Crippen LogP contribution in [0.1, 0.15) is 26.2 Å². The van der Waals surface area contributed by atoms with Crippen molar-refractivity contribution in [2.45, 2.75) is 32.3 Å². The normalized spacial score (nSPS) is 25.5. The molecule has 0 aliphatic heterocycles. The number of hydrogen-bond donors (Lipinski definition) is 1. The van der Waals surface area contributed by atoms with Gasteiger partial charge in [-0.3, -0.25) is 4.79 Å². The van der Waals surface area contributed by atoms with Gasteiger partial charge in [-0.15, -0.1) is 0 Å². The van der Waals surface area contributed by atoms with Crippen molar-refractivity contribution >= 4 is 5.91 Å². The Balaban J connectivity index is 2.27. The van der Waals surface area contributed by atoms with Crippen molar-refractivity contribution < 1.29 is 9.53 Å². The SMILES string of the molecule is CCN(C)C(=O)COC1CCCC1CN. The van der Waals surface area contributed by atoms with E-state index in [0.717, 1.165) is 19.4 Å². The number of ether oxygens (including phenoxy) is 1. The van der Waals surface area contributed by atoms with Crippen molar-refractivity contribution in [3.63, 3.8) is 0 Å². The molecule has 1 saturated carbocycles. The lowest BCUT2D eigenvalue weighted by Crippen LogP contribution is -2.33. The van der Waals surface area contributed by atoms with Crippen LogP contribution in [0, 0.1) is 5.92 Å². The molecule has 2 unspecified atom stereocenters. The monoisotopic (exact) mass is 214 g/mol. The molecule has 2 atom stereocenters. The highest BCUT2D eigenvalue weighted by Crippen LogP contribution is 2.27. The van der Waals surface area contributed by atoms with Crippen molar-refractivity contribution in [2.24, 2.45) is 11.7 Å². The number of likely N-dealkylation sites (N-methyl/N-ethyl adjacent to an activating group) is 1. The van der Waals surface area contributed by atoms with E-state index in [9.17, 15) is 4.79 Å². The van der Waals surface area contributed by atoms with Gasteiger partial charge in [0.05, 0.1) is 6.10 Å². The van der Waals surface area contributed by atoms with Crippen LogP contribution in [0.2, 0.25) is 0 Å². The van der Waals surface area contributed by atoms with Crippen molar-refractivity contribution in [3.05, 3.63) is 0 Å². The minimum absolute atomic E-state index is 0.0557. The Kier molecular flexibility index (Phi) is 5.05. The molecule has 4 nitrogen and oxygen atoms in total. The quantitative estimate of drug-likeness (QED) is 0.729. The van der Waals surface area contributed by atoms with E-state index in [4.69, 9.17) is 10.5 Å². The lowest BCUT2D eigenvalue weighted by atomic mass is 10.1. The third-order valence-electron chi connectivity index (χ3n) is 3.21. The molecular weight excluding hydrogens is 192 g/mol. The average molecular weight is 214 g/mol. The summed E-state index contributed by atoms with van der Waals surface area (Å²) in [5, 5.41) is 0. The summed E-state index contributed by atoms with van der Waals surface area (Å²) in [6.07, 6.45) is 3.55. The Labute approximate surface area is 91.8 Å². The van der Waals surface area contributed by atoms with Gasteiger partial charge in [-0.1, -0.05) is 6.42 Å². The summed E-state index contributed by atoms with van der Waals surface area (Å²) in [4.78, 5) is 13.2. The van der Waals surface area contributed by atoms with E-state index in [-0.39, 0.29) is 18.6 Å². The largest absolute Gasteiger partial charge is 0.368 e. The molecule has 88 valence electrons. The van der Waals surface area contributed by atoms with Gasteiger partial charge in [-0.25, -0.2) is 0 Å². The fourth-order valence-corrected chi connectivity index (χ4v) is 1.96. The Morgan fingerprint density at radius 3 is 2.87 bits per heavy atom. The Hall–Kier alpha value is -0.610. The van der Waals surface area contributed by atoms with Crippen LogP contribution in [-0.4, -0.2) is 43.7 Å². The van der Waals surface area contributed by atoms with Gasteiger partial charge in [0.25, 0.3) is 0 Å². The van der Waals surface area contributed by atoms with Gasteiger partial charge in [0.1, 0.15) is 6.61 Å². The number of carbonyl (C=O) groups is 1. The van der Waals surface area contributed by atoms with Crippen LogP contribution in [0.4, 0.5) is 0 Å². The third kappa shape index (κ3) is 3.47. The average Bonchev–Trinajstić information content (AvgIpc) is 2.71. The highest BCUT2D eigenvalue weighted by atomic mass is 16.5. The fourth-order valence-electron chi connectivity index (χ4n) is 1.96. The maximum atomic E-state index is 11.5. The van der Waals surface area contributed by atoms with Gasteiger partial charge in [0.15, 0.2) is 0 Å². The summed E-state index contributed by atoms with van der Waals surface area (Å²) >= 11 is 0. The van der Waals surface area contributed by atoms with E-state index < -0.39 is 0 Å². The highest BCUT2D eigenvalue weighted by molar-refractivity contribution is 5.77. The minimum atomic E-state index is 0.0557. The third-order valence-corrected chi connectivity index (χ3v) is 3.21. The van der Waals surface area contributed by atoms with E-state index in [1.165, 1.54) is 6.42 Å². The summed E-state index contributed by atoms with van der Waals surface area (Å²) in [6.45, 7) is 3.55.